The Morgan fingerprint density at radius 1 is 1.00 bits per heavy atom. The van der Waals surface area contributed by atoms with Crippen LogP contribution >= 0.6 is 0 Å². The number of para-hydroxylation sites is 1. The van der Waals surface area contributed by atoms with Gasteiger partial charge in [0.25, 0.3) is 0 Å². The van der Waals surface area contributed by atoms with Crippen molar-refractivity contribution >= 4 is 0 Å². The highest BCUT2D eigenvalue weighted by atomic mass is 16.3. The van der Waals surface area contributed by atoms with Crippen molar-refractivity contribution in [2.75, 3.05) is 0 Å². The predicted octanol–water partition coefficient (Wildman–Crippen LogP) is 1.42. The van der Waals surface area contributed by atoms with Crippen LogP contribution in [0.15, 0.2) is 30.3 Å². The third-order valence-electron chi connectivity index (χ3n) is 0.756. The second-order valence-electron chi connectivity index (χ2n) is 1.34. The maximum atomic E-state index is 8.63. The van der Waals surface area contributed by atoms with Gasteiger partial charge in [-0.2, -0.15) is 0 Å². The molecule has 0 radical (unpaired) electrons. The van der Waals surface area contributed by atoms with Crippen molar-refractivity contribution < 1.29 is 5.11 Å². The normalized spacial score (nSPS) is 6.89. The monoisotopic (exact) mass is 122 g/mol. The molecule has 0 unspecified atom stereocenters. The van der Waals surface area contributed by atoms with E-state index in [9.17, 15) is 0 Å². The quantitative estimate of drug-likeness (QED) is 0.529. The van der Waals surface area contributed by atoms with Gasteiger partial charge in [0, 0.05) is 10.8 Å². The van der Waals surface area contributed by atoms with Crippen molar-refractivity contribution in [3.8, 4) is 5.75 Å². The molecule has 1 N–H and O–H groups in total. The number of benzene rings is 1. The Balaban J connectivity index is 0.000000291. The number of phenolic OH excluding ortho intramolecular Hbond substituents is 1. The fraction of sp³-hybridized carbons (Fsp3) is 0. The molecule has 1 aromatic rings. The fourth-order valence-electron chi connectivity index (χ4n) is 0.428. The van der Waals surface area contributed by atoms with Crippen LogP contribution in [0.2, 0.25) is 0 Å². The molecule has 3 nitrogen and oxygen atoms in total. The summed E-state index contributed by atoms with van der Waals surface area (Å²) in [5.41, 5.74) is 0. The van der Waals surface area contributed by atoms with Gasteiger partial charge in [-0.05, 0) is 12.1 Å². The minimum Gasteiger partial charge on any atom is -0.508 e. The molecule has 0 amide bonds. The van der Waals surface area contributed by atoms with Gasteiger partial charge in [0.15, 0.2) is 0 Å². The summed E-state index contributed by atoms with van der Waals surface area (Å²) in [4.78, 5) is 0. The van der Waals surface area contributed by atoms with Gasteiger partial charge in [-0.1, -0.05) is 18.2 Å². The van der Waals surface area contributed by atoms with Crippen molar-refractivity contribution in [3.05, 3.63) is 30.3 Å². The van der Waals surface area contributed by atoms with E-state index in [1.807, 2.05) is 6.07 Å². The summed E-state index contributed by atoms with van der Waals surface area (Å²) in [5.74, 6) is 0.322. The van der Waals surface area contributed by atoms with Crippen molar-refractivity contribution in [2.45, 2.75) is 0 Å². The lowest BCUT2D eigenvalue weighted by atomic mass is 10.3. The number of hydrogen-bond acceptors (Lipinski definition) is 3. The number of aromatic hydroxyl groups is 1. The molecule has 0 saturated carbocycles. The fourth-order valence-corrected chi connectivity index (χ4v) is 0.428. The van der Waals surface area contributed by atoms with Crippen LogP contribution in [0.5, 0.6) is 5.75 Å². The van der Waals surface area contributed by atoms with Gasteiger partial charge in [-0.25, -0.2) is 0 Å². The first-order chi connectivity index (χ1) is 4.39. The van der Waals surface area contributed by atoms with E-state index in [-0.39, 0.29) is 0 Å². The molecule has 1 aromatic carbocycles. The van der Waals surface area contributed by atoms with Crippen molar-refractivity contribution in [2.24, 2.45) is 0 Å². The van der Waals surface area contributed by atoms with Gasteiger partial charge in [0.05, 0.1) is 0 Å². The Labute approximate surface area is 53.0 Å². The first kappa shape index (κ1) is 7.44. The van der Waals surface area contributed by atoms with E-state index in [1.54, 1.807) is 24.3 Å². The minimum absolute atomic E-state index is 0.322. The lowest BCUT2D eigenvalue weighted by Gasteiger charge is -1.82. The van der Waals surface area contributed by atoms with Crippen LogP contribution in [0.25, 0.3) is 0 Å². The van der Waals surface area contributed by atoms with Crippen LogP contribution in [0.3, 0.4) is 0 Å². The van der Waals surface area contributed by atoms with Crippen LogP contribution in [0, 0.1) is 10.8 Å². The molecule has 0 aliphatic rings. The molecule has 9 heavy (non-hydrogen) atoms. The zero-order chi connectivity index (χ0) is 7.11. The maximum Gasteiger partial charge on any atom is 0.115 e. The Morgan fingerprint density at radius 2 is 1.44 bits per heavy atom. The summed E-state index contributed by atoms with van der Waals surface area (Å²) in [6.45, 7) is 0. The molecule has 0 aromatic heterocycles. The van der Waals surface area contributed by atoms with Gasteiger partial charge >= 0.3 is 0 Å². The number of rotatable bonds is 0. The lowest BCUT2D eigenvalue weighted by Crippen LogP contribution is -1.56. The highest BCUT2D eigenvalue weighted by Crippen LogP contribution is 2.02. The number of nitrogens with zero attached hydrogens (tertiary/aromatic N) is 2. The van der Waals surface area contributed by atoms with Gasteiger partial charge in [0.1, 0.15) is 5.75 Å². The number of phenols is 1. The molecule has 0 aliphatic heterocycles. The van der Waals surface area contributed by atoms with Crippen molar-refractivity contribution in [1.82, 2.24) is 0 Å². The Morgan fingerprint density at radius 3 is 1.67 bits per heavy atom. The van der Waals surface area contributed by atoms with Crippen LogP contribution < -0.4 is 0 Å². The average Bonchev–Trinajstić information content (AvgIpc) is 1.94. The first-order valence-electron chi connectivity index (χ1n) is 2.33. The van der Waals surface area contributed by atoms with E-state index in [0.717, 1.165) is 0 Å². The summed E-state index contributed by atoms with van der Waals surface area (Å²) < 4.78 is 0. The molecule has 0 spiro atoms. The standard InChI is InChI=1S/C6H6O.N2/c7-6-4-2-1-3-5-6;1-2/h1-5,7H;. The molecule has 0 fully saturated rings. The molecule has 0 saturated heterocycles. The van der Waals surface area contributed by atoms with Gasteiger partial charge < -0.3 is 5.11 Å². The predicted molar refractivity (Wildman–Crippen MR) is 31.6 cm³/mol. The first-order valence-corrected chi connectivity index (χ1v) is 2.33. The topological polar surface area (TPSA) is 67.8 Å². The van der Waals surface area contributed by atoms with Crippen LogP contribution in [-0.4, -0.2) is 5.11 Å². The molecule has 3 heteroatoms. The highest BCUT2D eigenvalue weighted by molar-refractivity contribution is 5.18. The van der Waals surface area contributed by atoms with E-state index in [4.69, 9.17) is 15.9 Å². The van der Waals surface area contributed by atoms with Crippen LogP contribution in [0.1, 0.15) is 0 Å². The zero-order valence-corrected chi connectivity index (χ0v) is 4.73. The Bertz CT molecular complexity index is 171. The van der Waals surface area contributed by atoms with Gasteiger partial charge in [-0.3, -0.25) is 0 Å². The van der Waals surface area contributed by atoms with Gasteiger partial charge in [0.2, 0.25) is 0 Å². The zero-order valence-electron chi connectivity index (χ0n) is 4.73. The smallest absolute Gasteiger partial charge is 0.115 e. The molecule has 0 bridgehead atoms. The second-order valence-corrected chi connectivity index (χ2v) is 1.34. The molecular weight excluding hydrogens is 116 g/mol. The van der Waals surface area contributed by atoms with Gasteiger partial charge in [-0.15, -0.1) is 0 Å². The Kier molecular flexibility index (Phi) is 3.80. The van der Waals surface area contributed by atoms with E-state index in [0.29, 0.717) is 5.75 Å². The molecule has 1 rings (SSSR count). The Hall–Kier alpha value is -1.56. The largest absolute Gasteiger partial charge is 0.508 e. The molecule has 46 valence electrons. The third-order valence-corrected chi connectivity index (χ3v) is 0.756. The highest BCUT2D eigenvalue weighted by Gasteiger charge is 1.74. The molecule has 0 heterocycles. The minimum atomic E-state index is 0.322. The van der Waals surface area contributed by atoms with Crippen LogP contribution in [-0.2, 0) is 0 Å². The van der Waals surface area contributed by atoms with E-state index in [2.05, 4.69) is 0 Å². The van der Waals surface area contributed by atoms with Crippen LogP contribution in [0.4, 0.5) is 0 Å². The van der Waals surface area contributed by atoms with Crippen molar-refractivity contribution in [1.29, 1.82) is 10.8 Å². The summed E-state index contributed by atoms with van der Waals surface area (Å²) in [6.07, 6.45) is 0. The van der Waals surface area contributed by atoms with E-state index < -0.39 is 0 Å². The second kappa shape index (κ2) is 4.60. The number of hydrogen-bond donors (Lipinski definition) is 1. The van der Waals surface area contributed by atoms with E-state index in [1.165, 1.54) is 0 Å². The summed E-state index contributed by atoms with van der Waals surface area (Å²) in [5, 5.41) is 20.6. The van der Waals surface area contributed by atoms with E-state index >= 15 is 0 Å². The molecule has 0 atom stereocenters. The summed E-state index contributed by atoms with van der Waals surface area (Å²) in [6, 6.07) is 8.71. The summed E-state index contributed by atoms with van der Waals surface area (Å²) in [7, 11) is 0. The lowest BCUT2D eigenvalue weighted by molar-refractivity contribution is 0.475. The summed E-state index contributed by atoms with van der Waals surface area (Å²) >= 11 is 0. The molecule has 0 aliphatic carbocycles. The average molecular weight is 122 g/mol. The third kappa shape index (κ3) is 3.06. The van der Waals surface area contributed by atoms with Crippen molar-refractivity contribution in [3.63, 3.8) is 0 Å². The maximum absolute atomic E-state index is 8.63. The molecular formula is C6H6N2O. The SMILES string of the molecule is N#N.Oc1ccccc1.